The second-order valence-electron chi connectivity index (χ2n) is 3.76. The third-order valence-electron chi connectivity index (χ3n) is 2.44. The zero-order valence-electron chi connectivity index (χ0n) is 9.68. The summed E-state index contributed by atoms with van der Waals surface area (Å²) in [4.78, 5) is 12.5. The molecule has 2 aromatic rings. The van der Waals surface area contributed by atoms with E-state index in [1.165, 1.54) is 0 Å². The van der Waals surface area contributed by atoms with E-state index in [2.05, 4.69) is 20.3 Å². The standard InChI is InChI=1S/C12H13ClN4/c1-8-12(16-6-5-14-8)9(2)17-10-3-4-15-11(13)7-10/h3-7,9H,1-2H3,(H,15,17). The Bertz CT molecular complexity index is 515. The zero-order valence-corrected chi connectivity index (χ0v) is 10.4. The van der Waals surface area contributed by atoms with Crippen LogP contribution in [-0.2, 0) is 0 Å². The minimum absolute atomic E-state index is 0.0715. The molecule has 4 nitrogen and oxygen atoms in total. The van der Waals surface area contributed by atoms with Crippen LogP contribution < -0.4 is 5.32 Å². The van der Waals surface area contributed by atoms with Crippen LogP contribution in [0.5, 0.6) is 0 Å². The molecule has 2 aromatic heterocycles. The molecule has 2 rings (SSSR count). The van der Waals surface area contributed by atoms with Crippen LogP contribution in [0.25, 0.3) is 0 Å². The molecule has 0 radical (unpaired) electrons. The van der Waals surface area contributed by atoms with Gasteiger partial charge in [0.2, 0.25) is 0 Å². The summed E-state index contributed by atoms with van der Waals surface area (Å²) in [7, 11) is 0. The molecule has 1 unspecified atom stereocenters. The van der Waals surface area contributed by atoms with Crippen LogP contribution in [0, 0.1) is 6.92 Å². The Morgan fingerprint density at radius 2 is 1.94 bits per heavy atom. The molecular weight excluding hydrogens is 236 g/mol. The summed E-state index contributed by atoms with van der Waals surface area (Å²) in [5.74, 6) is 0. The van der Waals surface area contributed by atoms with Crippen LogP contribution in [0.3, 0.4) is 0 Å². The molecule has 0 amide bonds. The molecule has 5 heteroatoms. The zero-order chi connectivity index (χ0) is 12.3. The summed E-state index contributed by atoms with van der Waals surface area (Å²) in [6.07, 6.45) is 5.05. The highest BCUT2D eigenvalue weighted by molar-refractivity contribution is 6.29. The first-order valence-electron chi connectivity index (χ1n) is 5.32. The van der Waals surface area contributed by atoms with Gasteiger partial charge in [0.25, 0.3) is 0 Å². The van der Waals surface area contributed by atoms with E-state index >= 15 is 0 Å². The summed E-state index contributed by atoms with van der Waals surface area (Å²) >= 11 is 5.83. The highest BCUT2D eigenvalue weighted by Gasteiger charge is 2.10. The third kappa shape index (κ3) is 2.91. The van der Waals surface area contributed by atoms with Gasteiger partial charge in [0, 0.05) is 24.3 Å². The van der Waals surface area contributed by atoms with E-state index in [0.29, 0.717) is 5.15 Å². The first kappa shape index (κ1) is 11.8. The molecule has 0 saturated heterocycles. The normalized spacial score (nSPS) is 12.2. The molecule has 0 aliphatic carbocycles. The number of halogens is 1. The van der Waals surface area contributed by atoms with Crippen LogP contribution >= 0.6 is 11.6 Å². The van der Waals surface area contributed by atoms with Crippen molar-refractivity contribution in [2.24, 2.45) is 0 Å². The van der Waals surface area contributed by atoms with Crippen molar-refractivity contribution >= 4 is 17.3 Å². The molecule has 0 saturated carbocycles. The number of pyridine rings is 1. The lowest BCUT2D eigenvalue weighted by molar-refractivity contribution is 0.810. The fraction of sp³-hybridized carbons (Fsp3) is 0.250. The van der Waals surface area contributed by atoms with Gasteiger partial charge >= 0.3 is 0 Å². The van der Waals surface area contributed by atoms with Crippen molar-refractivity contribution in [3.8, 4) is 0 Å². The van der Waals surface area contributed by atoms with Crippen molar-refractivity contribution < 1.29 is 0 Å². The maximum absolute atomic E-state index is 5.83. The Morgan fingerprint density at radius 3 is 2.65 bits per heavy atom. The summed E-state index contributed by atoms with van der Waals surface area (Å²) in [5, 5.41) is 3.78. The topological polar surface area (TPSA) is 50.7 Å². The van der Waals surface area contributed by atoms with E-state index in [4.69, 9.17) is 11.6 Å². The SMILES string of the molecule is Cc1nccnc1C(C)Nc1ccnc(Cl)c1. The predicted octanol–water partition coefficient (Wildman–Crippen LogP) is 3.01. The van der Waals surface area contributed by atoms with Crippen LogP contribution in [0.2, 0.25) is 5.15 Å². The maximum Gasteiger partial charge on any atom is 0.131 e. The van der Waals surface area contributed by atoms with Gasteiger partial charge in [0.15, 0.2) is 0 Å². The van der Waals surface area contributed by atoms with Crippen LogP contribution in [0.4, 0.5) is 5.69 Å². The molecule has 0 bridgehead atoms. The van der Waals surface area contributed by atoms with Gasteiger partial charge in [-0.25, -0.2) is 4.98 Å². The summed E-state index contributed by atoms with van der Waals surface area (Å²) in [6.45, 7) is 3.98. The molecule has 2 heterocycles. The van der Waals surface area contributed by atoms with E-state index in [1.807, 2.05) is 19.9 Å². The number of nitrogens with zero attached hydrogens (tertiary/aromatic N) is 3. The minimum atomic E-state index is 0.0715. The van der Waals surface area contributed by atoms with Gasteiger partial charge in [0.05, 0.1) is 17.4 Å². The molecule has 88 valence electrons. The Labute approximate surface area is 105 Å². The largest absolute Gasteiger partial charge is 0.377 e. The molecule has 0 fully saturated rings. The average molecular weight is 249 g/mol. The quantitative estimate of drug-likeness (QED) is 0.849. The van der Waals surface area contributed by atoms with Gasteiger partial charge < -0.3 is 5.32 Å². The molecular formula is C12H13ClN4. The molecule has 1 atom stereocenters. The first-order valence-corrected chi connectivity index (χ1v) is 5.70. The maximum atomic E-state index is 5.83. The number of nitrogens with one attached hydrogen (secondary N) is 1. The van der Waals surface area contributed by atoms with Crippen molar-refractivity contribution in [3.05, 3.63) is 47.3 Å². The van der Waals surface area contributed by atoms with E-state index in [1.54, 1.807) is 24.7 Å². The molecule has 0 aliphatic heterocycles. The van der Waals surface area contributed by atoms with Gasteiger partial charge in [-0.2, -0.15) is 0 Å². The molecule has 0 aromatic carbocycles. The highest BCUT2D eigenvalue weighted by Crippen LogP contribution is 2.20. The molecule has 1 N–H and O–H groups in total. The van der Waals surface area contributed by atoms with E-state index in [-0.39, 0.29) is 6.04 Å². The highest BCUT2D eigenvalue weighted by atomic mass is 35.5. The van der Waals surface area contributed by atoms with Crippen LogP contribution in [0.15, 0.2) is 30.7 Å². The monoisotopic (exact) mass is 248 g/mol. The molecule has 0 aliphatic rings. The van der Waals surface area contributed by atoms with Crippen LogP contribution in [-0.4, -0.2) is 15.0 Å². The predicted molar refractivity (Wildman–Crippen MR) is 68.1 cm³/mol. The van der Waals surface area contributed by atoms with E-state index in [9.17, 15) is 0 Å². The number of aryl methyl sites for hydroxylation is 1. The second-order valence-corrected chi connectivity index (χ2v) is 4.15. The summed E-state index contributed by atoms with van der Waals surface area (Å²) in [6, 6.07) is 3.72. The van der Waals surface area contributed by atoms with Gasteiger partial charge in [0.1, 0.15) is 5.15 Å². The van der Waals surface area contributed by atoms with Gasteiger partial charge in [-0.05, 0) is 26.0 Å². The van der Waals surface area contributed by atoms with Crippen molar-refractivity contribution in [3.63, 3.8) is 0 Å². The van der Waals surface area contributed by atoms with E-state index < -0.39 is 0 Å². The Balaban J connectivity index is 2.17. The lowest BCUT2D eigenvalue weighted by atomic mass is 10.2. The number of anilines is 1. The van der Waals surface area contributed by atoms with Gasteiger partial charge in [-0.1, -0.05) is 11.6 Å². The minimum Gasteiger partial charge on any atom is -0.377 e. The number of rotatable bonds is 3. The van der Waals surface area contributed by atoms with Gasteiger partial charge in [-0.15, -0.1) is 0 Å². The average Bonchev–Trinajstić information content (AvgIpc) is 2.29. The summed E-state index contributed by atoms with van der Waals surface area (Å²) in [5.41, 5.74) is 2.77. The Morgan fingerprint density at radius 1 is 1.18 bits per heavy atom. The fourth-order valence-electron chi connectivity index (χ4n) is 1.65. The van der Waals surface area contributed by atoms with Gasteiger partial charge in [-0.3, -0.25) is 9.97 Å². The summed E-state index contributed by atoms with van der Waals surface area (Å²) < 4.78 is 0. The van der Waals surface area contributed by atoms with Crippen molar-refractivity contribution in [1.82, 2.24) is 15.0 Å². The Kier molecular flexibility index (Phi) is 3.54. The second kappa shape index (κ2) is 5.10. The van der Waals surface area contributed by atoms with E-state index in [0.717, 1.165) is 17.1 Å². The Hall–Kier alpha value is -1.68. The number of hydrogen-bond acceptors (Lipinski definition) is 4. The lowest BCUT2D eigenvalue weighted by Gasteiger charge is -2.15. The number of hydrogen-bond donors (Lipinski definition) is 1. The van der Waals surface area contributed by atoms with Crippen molar-refractivity contribution in [1.29, 1.82) is 0 Å². The first-order chi connectivity index (χ1) is 8.16. The molecule has 17 heavy (non-hydrogen) atoms. The lowest BCUT2D eigenvalue weighted by Crippen LogP contribution is -2.11. The van der Waals surface area contributed by atoms with Crippen LogP contribution in [0.1, 0.15) is 24.4 Å². The number of aromatic nitrogens is 3. The third-order valence-corrected chi connectivity index (χ3v) is 2.65. The molecule has 0 spiro atoms. The fourth-order valence-corrected chi connectivity index (χ4v) is 1.83. The van der Waals surface area contributed by atoms with Crippen molar-refractivity contribution in [2.75, 3.05) is 5.32 Å². The van der Waals surface area contributed by atoms with Crippen molar-refractivity contribution in [2.45, 2.75) is 19.9 Å². The smallest absolute Gasteiger partial charge is 0.131 e.